The second kappa shape index (κ2) is 6.08. The number of benzene rings is 2. The van der Waals surface area contributed by atoms with Gasteiger partial charge >= 0.3 is 0 Å². The minimum atomic E-state index is -0.102. The molecule has 0 unspecified atom stereocenters. The van der Waals surface area contributed by atoms with Gasteiger partial charge in [0.1, 0.15) is 22.5 Å². The first kappa shape index (κ1) is 15.0. The van der Waals surface area contributed by atoms with Gasteiger partial charge in [-0.05, 0) is 36.8 Å². The van der Waals surface area contributed by atoms with E-state index in [1.807, 2.05) is 49.4 Å². The number of rotatable bonds is 4. The molecule has 1 aromatic heterocycles. The average molecular weight is 310 g/mol. The summed E-state index contributed by atoms with van der Waals surface area (Å²) in [5, 5.41) is 8.95. The molecule has 0 bridgehead atoms. The minimum Gasteiger partial charge on any atom is -0.481 e. The van der Waals surface area contributed by atoms with Crippen LogP contribution in [-0.2, 0) is 4.79 Å². The van der Waals surface area contributed by atoms with Crippen molar-refractivity contribution in [3.63, 3.8) is 0 Å². The van der Waals surface area contributed by atoms with Gasteiger partial charge in [0.2, 0.25) is 0 Å². The Morgan fingerprint density at radius 1 is 1.13 bits per heavy atom. The third kappa shape index (κ3) is 3.15. The molecule has 0 aliphatic rings. The number of hydrogen-bond acceptors (Lipinski definition) is 4. The van der Waals surface area contributed by atoms with Crippen molar-refractivity contribution < 1.29 is 9.53 Å². The van der Waals surface area contributed by atoms with Crippen LogP contribution < -0.4 is 4.74 Å². The maximum Gasteiger partial charge on any atom is 0.259 e. The molecular weight excluding hydrogens is 292 g/mol. The van der Waals surface area contributed by atoms with Crippen LogP contribution in [0.1, 0.15) is 5.56 Å². The topological polar surface area (TPSA) is 60.2 Å². The molecule has 0 spiro atoms. The zero-order valence-corrected chi connectivity index (χ0v) is 13.4. The molecule has 23 heavy (non-hydrogen) atoms. The second-order valence-corrected chi connectivity index (χ2v) is 5.53. The first-order valence-corrected chi connectivity index (χ1v) is 7.30. The maximum atomic E-state index is 11.7. The van der Waals surface area contributed by atoms with E-state index < -0.39 is 0 Å². The molecular formula is C17H18N4O2. The Morgan fingerprint density at radius 2 is 1.78 bits per heavy atom. The molecule has 0 saturated carbocycles. The van der Waals surface area contributed by atoms with Gasteiger partial charge < -0.3 is 9.64 Å². The molecule has 0 saturated heterocycles. The SMILES string of the molecule is Cc1ccc(OCC(=O)N(C)C)c(-n2nc3ccccc3n2)c1. The van der Waals surface area contributed by atoms with Gasteiger partial charge in [-0.2, -0.15) is 0 Å². The first-order valence-electron chi connectivity index (χ1n) is 7.30. The van der Waals surface area contributed by atoms with Crippen molar-refractivity contribution in [2.45, 2.75) is 6.92 Å². The van der Waals surface area contributed by atoms with Crippen LogP contribution in [0.5, 0.6) is 5.75 Å². The van der Waals surface area contributed by atoms with Crippen LogP contribution in [0.15, 0.2) is 42.5 Å². The number of nitrogens with zero attached hydrogens (tertiary/aromatic N) is 4. The normalized spacial score (nSPS) is 10.7. The zero-order chi connectivity index (χ0) is 16.4. The fourth-order valence-corrected chi connectivity index (χ4v) is 2.14. The Morgan fingerprint density at radius 3 is 2.39 bits per heavy atom. The standard InChI is InChI=1S/C17H18N4O2/c1-12-8-9-16(23-11-17(22)20(2)3)15(10-12)21-18-13-6-4-5-7-14(13)19-21/h4-10H,11H2,1-3H3. The summed E-state index contributed by atoms with van der Waals surface area (Å²) in [5.41, 5.74) is 3.40. The van der Waals surface area contributed by atoms with Gasteiger partial charge in [0, 0.05) is 14.1 Å². The lowest BCUT2D eigenvalue weighted by molar-refractivity contribution is -0.130. The van der Waals surface area contributed by atoms with Gasteiger partial charge in [0.15, 0.2) is 6.61 Å². The highest BCUT2D eigenvalue weighted by atomic mass is 16.5. The molecule has 3 aromatic rings. The molecule has 2 aromatic carbocycles. The van der Waals surface area contributed by atoms with Gasteiger partial charge in [-0.25, -0.2) is 0 Å². The third-order valence-corrected chi connectivity index (χ3v) is 3.47. The number of carbonyl (C=O) groups is 1. The quantitative estimate of drug-likeness (QED) is 0.741. The number of ether oxygens (including phenoxy) is 1. The van der Waals surface area contributed by atoms with Crippen molar-refractivity contribution in [2.24, 2.45) is 0 Å². The number of amides is 1. The predicted octanol–water partition coefficient (Wildman–Crippen LogP) is 2.20. The molecule has 0 aliphatic carbocycles. The summed E-state index contributed by atoms with van der Waals surface area (Å²) in [4.78, 5) is 14.8. The largest absolute Gasteiger partial charge is 0.481 e. The average Bonchev–Trinajstić information content (AvgIpc) is 2.97. The van der Waals surface area contributed by atoms with Crippen LogP contribution in [0.25, 0.3) is 16.7 Å². The lowest BCUT2D eigenvalue weighted by atomic mass is 10.2. The predicted molar refractivity (Wildman–Crippen MR) is 87.8 cm³/mol. The molecule has 0 atom stereocenters. The van der Waals surface area contributed by atoms with E-state index in [0.717, 1.165) is 16.6 Å². The summed E-state index contributed by atoms with van der Waals surface area (Å²) in [6, 6.07) is 13.4. The summed E-state index contributed by atoms with van der Waals surface area (Å²) in [5.74, 6) is 0.473. The molecule has 1 heterocycles. The molecule has 0 radical (unpaired) electrons. The van der Waals surface area contributed by atoms with E-state index in [-0.39, 0.29) is 12.5 Å². The van der Waals surface area contributed by atoms with Crippen LogP contribution in [0.4, 0.5) is 0 Å². The van der Waals surface area contributed by atoms with E-state index in [2.05, 4.69) is 10.2 Å². The summed E-state index contributed by atoms with van der Waals surface area (Å²) in [6.45, 7) is 1.96. The maximum absolute atomic E-state index is 11.7. The van der Waals surface area contributed by atoms with Gasteiger partial charge in [0.25, 0.3) is 5.91 Å². The van der Waals surface area contributed by atoms with Crippen molar-refractivity contribution in [3.05, 3.63) is 48.0 Å². The number of fused-ring (bicyclic) bond motifs is 1. The van der Waals surface area contributed by atoms with Gasteiger partial charge in [-0.1, -0.05) is 18.2 Å². The van der Waals surface area contributed by atoms with Crippen LogP contribution in [0.2, 0.25) is 0 Å². The van der Waals surface area contributed by atoms with E-state index in [9.17, 15) is 4.79 Å². The first-order chi connectivity index (χ1) is 11.0. The summed E-state index contributed by atoms with van der Waals surface area (Å²) in [7, 11) is 3.40. The Labute approximate surface area is 134 Å². The van der Waals surface area contributed by atoms with Crippen molar-refractivity contribution in [2.75, 3.05) is 20.7 Å². The number of carbonyl (C=O) groups excluding carboxylic acids is 1. The monoisotopic (exact) mass is 310 g/mol. The molecule has 1 amide bonds. The molecule has 118 valence electrons. The molecule has 3 rings (SSSR count). The lowest BCUT2D eigenvalue weighted by Gasteiger charge is -2.14. The van der Waals surface area contributed by atoms with E-state index in [1.165, 1.54) is 4.90 Å². The Hall–Kier alpha value is -2.89. The van der Waals surface area contributed by atoms with Crippen LogP contribution in [0.3, 0.4) is 0 Å². The van der Waals surface area contributed by atoms with Crippen LogP contribution in [0, 0.1) is 6.92 Å². The summed E-state index contributed by atoms with van der Waals surface area (Å²) < 4.78 is 5.67. The molecule has 0 N–H and O–H groups in total. The fourth-order valence-electron chi connectivity index (χ4n) is 2.14. The molecule has 0 fully saturated rings. The lowest BCUT2D eigenvalue weighted by Crippen LogP contribution is -2.27. The molecule has 0 aliphatic heterocycles. The van der Waals surface area contributed by atoms with E-state index in [0.29, 0.717) is 11.4 Å². The Kier molecular flexibility index (Phi) is 3.97. The summed E-state index contributed by atoms with van der Waals surface area (Å²) >= 11 is 0. The van der Waals surface area contributed by atoms with E-state index >= 15 is 0 Å². The van der Waals surface area contributed by atoms with E-state index in [4.69, 9.17) is 4.74 Å². The summed E-state index contributed by atoms with van der Waals surface area (Å²) in [6.07, 6.45) is 0. The van der Waals surface area contributed by atoms with Crippen molar-refractivity contribution in [3.8, 4) is 11.4 Å². The van der Waals surface area contributed by atoms with Gasteiger partial charge in [-0.3, -0.25) is 4.79 Å². The Bertz CT molecular complexity index is 822. The van der Waals surface area contributed by atoms with Crippen molar-refractivity contribution in [1.29, 1.82) is 0 Å². The second-order valence-electron chi connectivity index (χ2n) is 5.53. The van der Waals surface area contributed by atoms with Crippen molar-refractivity contribution >= 4 is 16.9 Å². The number of aryl methyl sites for hydroxylation is 1. The molecule has 6 nitrogen and oxygen atoms in total. The van der Waals surface area contributed by atoms with Gasteiger partial charge in [0.05, 0.1) is 0 Å². The van der Waals surface area contributed by atoms with Crippen molar-refractivity contribution in [1.82, 2.24) is 19.9 Å². The van der Waals surface area contributed by atoms with Crippen LogP contribution >= 0.6 is 0 Å². The number of aromatic nitrogens is 3. The zero-order valence-electron chi connectivity index (χ0n) is 13.4. The minimum absolute atomic E-state index is 0.0240. The smallest absolute Gasteiger partial charge is 0.259 e. The van der Waals surface area contributed by atoms with Gasteiger partial charge in [-0.15, -0.1) is 15.0 Å². The van der Waals surface area contributed by atoms with Crippen LogP contribution in [-0.4, -0.2) is 46.5 Å². The fraction of sp³-hybridized carbons (Fsp3) is 0.235. The number of hydrogen-bond donors (Lipinski definition) is 0. The molecule has 6 heteroatoms. The third-order valence-electron chi connectivity index (χ3n) is 3.47. The van der Waals surface area contributed by atoms with E-state index in [1.54, 1.807) is 18.9 Å². The highest BCUT2D eigenvalue weighted by molar-refractivity contribution is 5.77. The Balaban J connectivity index is 1.97. The highest BCUT2D eigenvalue weighted by Crippen LogP contribution is 2.24. The highest BCUT2D eigenvalue weighted by Gasteiger charge is 2.12. The number of likely N-dealkylation sites (N-methyl/N-ethyl adjacent to an activating group) is 1.